The van der Waals surface area contributed by atoms with Gasteiger partial charge in [0.1, 0.15) is 6.67 Å². The average molecular weight is 226 g/mol. The van der Waals surface area contributed by atoms with Gasteiger partial charge in [0.25, 0.3) is 0 Å². The first-order valence-electron chi connectivity index (χ1n) is 4.69. The highest BCUT2D eigenvalue weighted by molar-refractivity contribution is 6.30. The minimum atomic E-state index is 0.0199. The molecule has 1 amide bonds. The number of hydrogen-bond acceptors (Lipinski definition) is 3. The molecule has 1 fully saturated rings. The molecule has 15 heavy (non-hydrogen) atoms. The maximum atomic E-state index is 11.1. The molecule has 0 radical (unpaired) electrons. The van der Waals surface area contributed by atoms with Crippen LogP contribution in [0.5, 0.6) is 0 Å². The summed E-state index contributed by atoms with van der Waals surface area (Å²) >= 11 is 5.80. The summed E-state index contributed by atoms with van der Waals surface area (Å²) in [6.07, 6.45) is 0. The first kappa shape index (κ1) is 10.3. The molecule has 1 N–H and O–H groups in total. The second-order valence-corrected chi connectivity index (χ2v) is 3.86. The largest absolute Gasteiger partial charge is 0.338 e. The van der Waals surface area contributed by atoms with E-state index >= 15 is 0 Å². The summed E-state index contributed by atoms with van der Waals surface area (Å²) in [6, 6.07) is 7.56. The van der Waals surface area contributed by atoms with Crippen molar-refractivity contribution in [3.8, 4) is 0 Å². The van der Waals surface area contributed by atoms with Crippen molar-refractivity contribution in [2.75, 3.05) is 18.2 Å². The smallest absolute Gasteiger partial charge is 0.235 e. The van der Waals surface area contributed by atoms with E-state index in [0.29, 0.717) is 18.4 Å². The van der Waals surface area contributed by atoms with Crippen LogP contribution in [-0.4, -0.2) is 24.3 Å². The topological polar surface area (TPSA) is 35.6 Å². The van der Waals surface area contributed by atoms with Crippen LogP contribution in [-0.2, 0) is 4.79 Å². The van der Waals surface area contributed by atoms with Gasteiger partial charge in [-0.1, -0.05) is 11.6 Å². The number of carbonyl (C=O) groups is 1. The molecule has 1 aromatic carbocycles. The summed E-state index contributed by atoms with van der Waals surface area (Å²) in [5, 5.41) is 2.29. The molecule has 1 heterocycles. The van der Waals surface area contributed by atoms with Crippen LogP contribution in [0.2, 0.25) is 5.02 Å². The van der Waals surface area contributed by atoms with Gasteiger partial charge in [-0.2, -0.15) is 0 Å². The number of hydrazine groups is 1. The maximum Gasteiger partial charge on any atom is 0.235 e. The third-order valence-electron chi connectivity index (χ3n) is 2.34. The second kappa shape index (κ2) is 4.08. The first-order chi connectivity index (χ1) is 7.16. The van der Waals surface area contributed by atoms with Gasteiger partial charge < -0.3 is 4.90 Å². The van der Waals surface area contributed by atoms with Crippen molar-refractivity contribution in [1.29, 1.82) is 0 Å². The zero-order valence-corrected chi connectivity index (χ0v) is 9.16. The maximum absolute atomic E-state index is 11.1. The fourth-order valence-electron chi connectivity index (χ4n) is 1.48. The molecule has 0 spiro atoms. The Morgan fingerprint density at radius 2 is 2.07 bits per heavy atom. The van der Waals surface area contributed by atoms with E-state index in [-0.39, 0.29) is 5.91 Å². The van der Waals surface area contributed by atoms with E-state index in [9.17, 15) is 4.79 Å². The number of halogens is 1. The molecule has 4 nitrogen and oxygen atoms in total. The van der Waals surface area contributed by atoms with E-state index in [1.54, 1.807) is 11.9 Å². The van der Waals surface area contributed by atoms with Crippen molar-refractivity contribution in [1.82, 2.24) is 10.4 Å². The molecule has 1 aliphatic heterocycles. The van der Waals surface area contributed by atoms with Crippen molar-refractivity contribution in [2.24, 2.45) is 0 Å². The lowest BCUT2D eigenvalue weighted by atomic mass is 10.3. The van der Waals surface area contributed by atoms with Crippen molar-refractivity contribution < 1.29 is 4.79 Å². The van der Waals surface area contributed by atoms with Crippen molar-refractivity contribution in [3.63, 3.8) is 0 Å². The molecular formula is C10H12ClN3O. The summed E-state index contributed by atoms with van der Waals surface area (Å²) in [4.78, 5) is 13.1. The number of amides is 1. The minimum absolute atomic E-state index is 0.0199. The van der Waals surface area contributed by atoms with Gasteiger partial charge in [-0.05, 0) is 24.3 Å². The van der Waals surface area contributed by atoms with Crippen LogP contribution in [0.1, 0.15) is 6.92 Å². The van der Waals surface area contributed by atoms with E-state index in [0.717, 1.165) is 5.69 Å². The third kappa shape index (κ3) is 2.22. The molecule has 0 aromatic heterocycles. The van der Waals surface area contributed by atoms with Crippen molar-refractivity contribution in [2.45, 2.75) is 6.92 Å². The molecule has 0 saturated carbocycles. The number of nitrogens with one attached hydrogen (secondary N) is 1. The highest BCUT2D eigenvalue weighted by Crippen LogP contribution is 2.19. The predicted molar refractivity (Wildman–Crippen MR) is 59.3 cm³/mol. The minimum Gasteiger partial charge on any atom is -0.338 e. The van der Waals surface area contributed by atoms with Crippen LogP contribution in [0.25, 0.3) is 0 Å². The molecule has 0 unspecified atom stereocenters. The van der Waals surface area contributed by atoms with Gasteiger partial charge in [0.15, 0.2) is 0 Å². The molecule has 1 saturated heterocycles. The van der Waals surface area contributed by atoms with Crippen LogP contribution >= 0.6 is 11.6 Å². The van der Waals surface area contributed by atoms with Crippen LogP contribution in [0.4, 0.5) is 5.69 Å². The normalized spacial score (nSPS) is 15.9. The zero-order valence-electron chi connectivity index (χ0n) is 8.40. The Balaban J connectivity index is 2.07. The molecule has 0 aliphatic carbocycles. The number of rotatable bonds is 1. The number of carbonyl (C=O) groups excluding carboxylic acids is 1. The molecule has 1 aromatic rings. The van der Waals surface area contributed by atoms with Crippen molar-refractivity contribution in [3.05, 3.63) is 29.3 Å². The fourth-order valence-corrected chi connectivity index (χ4v) is 1.60. The van der Waals surface area contributed by atoms with E-state index in [1.165, 1.54) is 0 Å². The Hall–Kier alpha value is -1.26. The first-order valence-corrected chi connectivity index (χ1v) is 5.07. The lowest BCUT2D eigenvalue weighted by Crippen LogP contribution is -2.35. The predicted octanol–water partition coefficient (Wildman–Crippen LogP) is 1.43. The molecule has 0 bridgehead atoms. The lowest BCUT2D eigenvalue weighted by molar-refractivity contribution is -0.130. The number of hydrogen-bond donors (Lipinski definition) is 1. The zero-order chi connectivity index (χ0) is 10.8. The summed E-state index contributed by atoms with van der Waals surface area (Å²) in [5.74, 6) is 0.0199. The Kier molecular flexibility index (Phi) is 2.79. The Morgan fingerprint density at radius 3 is 2.60 bits per heavy atom. The van der Waals surface area contributed by atoms with Gasteiger partial charge in [0.05, 0.1) is 6.67 Å². The van der Waals surface area contributed by atoms with E-state index < -0.39 is 0 Å². The quantitative estimate of drug-likeness (QED) is 0.786. The van der Waals surface area contributed by atoms with Crippen LogP contribution in [0.3, 0.4) is 0 Å². The van der Waals surface area contributed by atoms with E-state index in [1.807, 2.05) is 24.3 Å². The van der Waals surface area contributed by atoms with E-state index in [2.05, 4.69) is 10.3 Å². The van der Waals surface area contributed by atoms with Gasteiger partial charge in [-0.15, -0.1) is 0 Å². The Bertz CT molecular complexity index is 365. The van der Waals surface area contributed by atoms with Crippen LogP contribution < -0.4 is 10.3 Å². The monoisotopic (exact) mass is 225 g/mol. The van der Waals surface area contributed by atoms with Crippen LogP contribution in [0, 0.1) is 0 Å². The Morgan fingerprint density at radius 1 is 1.40 bits per heavy atom. The van der Waals surface area contributed by atoms with Gasteiger partial charge in [0, 0.05) is 17.6 Å². The molecule has 80 valence electrons. The van der Waals surface area contributed by atoms with Crippen LogP contribution in [0.15, 0.2) is 24.3 Å². The lowest BCUT2D eigenvalue weighted by Gasteiger charge is -2.17. The van der Waals surface area contributed by atoms with Crippen molar-refractivity contribution >= 4 is 23.2 Å². The Labute approximate surface area is 93.4 Å². The van der Waals surface area contributed by atoms with Gasteiger partial charge in [-0.25, -0.2) is 5.43 Å². The summed E-state index contributed by atoms with van der Waals surface area (Å²) in [5.41, 5.74) is 4.05. The third-order valence-corrected chi connectivity index (χ3v) is 2.59. The highest BCUT2D eigenvalue weighted by Gasteiger charge is 2.21. The summed E-state index contributed by atoms with van der Waals surface area (Å²) in [6.45, 7) is 2.75. The molecule has 5 heteroatoms. The number of anilines is 1. The van der Waals surface area contributed by atoms with E-state index in [4.69, 9.17) is 11.6 Å². The molecule has 0 atom stereocenters. The van der Waals surface area contributed by atoms with Gasteiger partial charge >= 0.3 is 0 Å². The number of nitrogens with zero attached hydrogens (tertiary/aromatic N) is 2. The van der Waals surface area contributed by atoms with Gasteiger partial charge in [0.2, 0.25) is 5.91 Å². The van der Waals surface area contributed by atoms with Gasteiger partial charge in [-0.3, -0.25) is 9.80 Å². The average Bonchev–Trinajstić information content (AvgIpc) is 2.68. The second-order valence-electron chi connectivity index (χ2n) is 3.42. The standard InChI is InChI=1S/C10H12ClN3O/c1-8(15)14-7-13(6-12-14)10-4-2-9(11)3-5-10/h2-5,12H,6-7H2,1H3. The molecule has 2 rings (SSSR count). The highest BCUT2D eigenvalue weighted by atomic mass is 35.5. The fraction of sp³-hybridized carbons (Fsp3) is 0.300. The molecular weight excluding hydrogens is 214 g/mol. The molecule has 1 aliphatic rings. The number of benzene rings is 1. The summed E-state index contributed by atoms with van der Waals surface area (Å²) < 4.78 is 0. The SMILES string of the molecule is CC(=O)N1CN(c2ccc(Cl)cc2)CN1. The summed E-state index contributed by atoms with van der Waals surface area (Å²) in [7, 11) is 0.